The second-order valence-corrected chi connectivity index (χ2v) is 34.0. The predicted octanol–water partition coefficient (Wildman–Crippen LogP) is 16.3. The molecule has 7 aliphatic heterocycles. The van der Waals surface area contributed by atoms with Crippen LogP contribution >= 0.6 is 11.6 Å². The number of alkyl halides is 1. The number of carbonyl (C=O) groups is 3. The Balaban J connectivity index is 0.864. The Morgan fingerprint density at radius 3 is 1.43 bits per heavy atom. The summed E-state index contributed by atoms with van der Waals surface area (Å²) in [5.74, 6) is -6.37. The summed E-state index contributed by atoms with van der Waals surface area (Å²) >= 11 is 7.33. The Bertz CT molecular complexity index is 4380. The molecule has 686 valence electrons. The zero-order valence-corrected chi connectivity index (χ0v) is 74.1. The third-order valence-electron chi connectivity index (χ3n) is 24.2. The van der Waals surface area contributed by atoms with Crippen molar-refractivity contribution in [3.05, 3.63) is 263 Å². The summed E-state index contributed by atoms with van der Waals surface area (Å²) in [5, 5.41) is 13.8. The van der Waals surface area contributed by atoms with Crippen LogP contribution in [0.2, 0.25) is 0 Å². The maximum Gasteiger partial charge on any atom is 0.309 e. The molecule has 0 saturated carbocycles. The first-order chi connectivity index (χ1) is 62.2. The lowest BCUT2D eigenvalue weighted by Crippen LogP contribution is -2.68. The van der Waals surface area contributed by atoms with Gasteiger partial charge in [-0.2, -0.15) is 0 Å². The zero-order valence-electron chi connectivity index (χ0n) is 73.3. The highest BCUT2D eigenvalue weighted by atomic mass is 35.5. The molecule has 6 saturated heterocycles. The molecule has 26 heteroatoms. The van der Waals surface area contributed by atoms with Crippen molar-refractivity contribution in [2.24, 2.45) is 11.8 Å². The molecule has 7 heterocycles. The number of hydrogen-bond donors (Lipinski definition) is 1. The quantitative estimate of drug-likeness (QED) is 0.0135. The highest BCUT2D eigenvalue weighted by Crippen LogP contribution is 2.47. The topological polar surface area (TPSA) is 265 Å². The van der Waals surface area contributed by atoms with Gasteiger partial charge in [0.05, 0.1) is 84.0 Å². The number of ether oxygens (including phenoxy) is 21. The zero-order chi connectivity index (χ0) is 88.1. The maximum atomic E-state index is 15.0. The number of carbonyl (C=O) groups excluding carboxylic acids is 3. The Hall–Kier alpha value is -7.78. The molecule has 6 fully saturated rings. The standard InChI is InChI=1S/C101H125ClO25/c1-6-9-22-53-76-54-37-13-11-10-12-14-38-55-81(103)120-91-88(111-60-73-47-31-19-32-48-73)83(109-58-71-43-27-17-28-44-71)77(62-107-56-69-39-23-15-24-40-69)117-98(91)114-65-80-86(121-94(105)67(4)7-2)90(122-95(106)68(5)8-3)93-100(119-80)127-101(66-102,126-93)125-87-82(104)97(116-79-64-113-96(123-85(79)87)75-51-35-21-36-52-75)124-92-89(112-61-74-49-33-20-34-50-74)84(110-59-72-45-29-18-30-46-72)78(118-99(92)115-76)63-108-57-70-41-25-16-26-42-70/h10-11,15-21,23-36,39-52,67-68,76-80,82-93,96-100,104H,6-9,12-14,22,37-38,53-66H2,1-5H3/b11-10+/t67-,68-,76+,77+,78+,79+,80+,82+,83+,84+,85+,86+,87+,88-,89-,90-,91+,92+,93+,96+,97-,98+,99+,100+,101-/m0/s1. The number of fused-ring (bicyclic) bond motifs is 8. The van der Waals surface area contributed by atoms with Gasteiger partial charge in [0.15, 0.2) is 55.9 Å². The average Bonchev–Trinajstić information content (AvgIpc) is 1.71. The average molecular weight is 1770 g/mol. The minimum absolute atomic E-state index is 0.0114. The second-order valence-electron chi connectivity index (χ2n) is 33.7. The van der Waals surface area contributed by atoms with Gasteiger partial charge in [-0.1, -0.05) is 278 Å². The highest BCUT2D eigenvalue weighted by molar-refractivity contribution is 6.18. The summed E-state index contributed by atoms with van der Waals surface area (Å²) in [6.07, 6.45) is -15.4. The Kier molecular flexibility index (Phi) is 36.7. The Morgan fingerprint density at radius 1 is 0.441 bits per heavy atom. The molecule has 1 N–H and O–H groups in total. The van der Waals surface area contributed by atoms with Crippen LogP contribution in [0.15, 0.2) is 224 Å². The normalized spacial score (nSPS) is 31.8. The molecule has 7 aliphatic rings. The van der Waals surface area contributed by atoms with E-state index in [0.717, 1.165) is 59.1 Å². The fourth-order valence-corrected chi connectivity index (χ4v) is 16.9. The monoisotopic (exact) mass is 1770 g/mol. The molecule has 25 nitrogen and oxygen atoms in total. The number of benzene rings is 7. The Labute approximate surface area is 751 Å². The lowest BCUT2D eigenvalue weighted by atomic mass is 9.95. The molecule has 7 aromatic carbocycles. The summed E-state index contributed by atoms with van der Waals surface area (Å²) in [6, 6.07) is 67.8. The van der Waals surface area contributed by atoms with Gasteiger partial charge in [0.25, 0.3) is 0 Å². The molecule has 0 unspecified atom stereocenters. The van der Waals surface area contributed by atoms with Crippen molar-refractivity contribution < 1.29 is 119 Å². The van der Waals surface area contributed by atoms with Crippen molar-refractivity contribution in [2.75, 3.05) is 32.3 Å². The van der Waals surface area contributed by atoms with E-state index in [-0.39, 0.29) is 65.9 Å². The molecule has 127 heavy (non-hydrogen) atoms. The van der Waals surface area contributed by atoms with Gasteiger partial charge in [0.2, 0.25) is 0 Å². The van der Waals surface area contributed by atoms with E-state index < -0.39 is 183 Å². The number of rotatable bonds is 32. The lowest BCUT2D eigenvalue weighted by molar-refractivity contribution is -0.431. The van der Waals surface area contributed by atoms with Crippen molar-refractivity contribution >= 4 is 29.5 Å². The number of aliphatic hydroxyl groups is 1. The Morgan fingerprint density at radius 2 is 0.906 bits per heavy atom. The molecule has 7 aromatic rings. The van der Waals surface area contributed by atoms with Crippen LogP contribution in [0.3, 0.4) is 0 Å². The third-order valence-corrected chi connectivity index (χ3v) is 24.5. The summed E-state index contributed by atoms with van der Waals surface area (Å²) in [4.78, 5) is 44.6. The first-order valence-electron chi connectivity index (χ1n) is 45.5. The minimum atomic E-state index is -2.45. The molecule has 5 bridgehead atoms. The van der Waals surface area contributed by atoms with Gasteiger partial charge in [-0.3, -0.25) is 19.1 Å². The van der Waals surface area contributed by atoms with Crippen molar-refractivity contribution in [2.45, 2.75) is 299 Å². The first-order valence-corrected chi connectivity index (χ1v) is 46.0. The molecule has 25 atom stereocenters. The lowest BCUT2D eigenvalue weighted by Gasteiger charge is -2.51. The fraction of sp³-hybridized carbons (Fsp3) is 0.535. The first kappa shape index (κ1) is 95.3. The van der Waals surface area contributed by atoms with E-state index in [1.54, 1.807) is 13.8 Å². The smallest absolute Gasteiger partial charge is 0.309 e. The largest absolute Gasteiger partial charge is 0.455 e. The van der Waals surface area contributed by atoms with E-state index in [4.69, 9.17) is 111 Å². The van der Waals surface area contributed by atoms with Gasteiger partial charge in [-0.05, 0) is 91.2 Å². The molecule has 0 radical (unpaired) electrons. The van der Waals surface area contributed by atoms with Crippen molar-refractivity contribution in [3.8, 4) is 0 Å². The van der Waals surface area contributed by atoms with Crippen LogP contribution in [0.25, 0.3) is 0 Å². The molecule has 0 amide bonds. The number of aliphatic hydroxyl groups excluding tert-OH is 1. The fourth-order valence-electron chi connectivity index (χ4n) is 16.7. The SMILES string of the molecule is CCCCC[C@@H]1CCC/C=C/CCCCC(=O)O[C@H]2[C@H](OC[C@H]3O[C@@H]4O[C@@](CCl)(O[C@@H]5[C@@H](O)[C@H](O[C@H]6[C@H](O1)O[C@H](COCc1ccccc1)[C@@H](OCc1ccccc1)[C@@H]6OCc1ccccc1)O[C@@H]1CO[C@@H](c6ccccc6)O[C@@H]51)O[C@@H]4[C@@H](OC(=O)[C@@H](C)CC)[C@@H]3OC(=O)[C@@H](C)CC)O[C@H](COCc1ccccc1)[C@@H](OCc1ccccc1)[C@@H]2OCc1ccccc1. The van der Waals surface area contributed by atoms with Crippen molar-refractivity contribution in [1.29, 1.82) is 0 Å². The van der Waals surface area contributed by atoms with E-state index in [2.05, 4.69) is 19.1 Å². The molecular formula is C101H125ClO25. The molecule has 0 spiro atoms. The highest BCUT2D eigenvalue weighted by Gasteiger charge is 2.65. The van der Waals surface area contributed by atoms with Crippen LogP contribution in [-0.2, 0) is 153 Å². The number of allylic oxidation sites excluding steroid dienone is 2. The molecule has 14 rings (SSSR count). The van der Waals surface area contributed by atoms with E-state index in [9.17, 15) is 19.5 Å². The number of hydrogen-bond acceptors (Lipinski definition) is 25. The van der Waals surface area contributed by atoms with E-state index >= 15 is 0 Å². The van der Waals surface area contributed by atoms with Crippen LogP contribution in [0.1, 0.15) is 163 Å². The van der Waals surface area contributed by atoms with Gasteiger partial charge in [0, 0.05) is 12.0 Å². The third kappa shape index (κ3) is 26.6. The second kappa shape index (κ2) is 48.9. The van der Waals surface area contributed by atoms with Gasteiger partial charge >= 0.3 is 23.9 Å². The summed E-state index contributed by atoms with van der Waals surface area (Å²) in [5.41, 5.74) is 5.92. The van der Waals surface area contributed by atoms with Crippen LogP contribution in [0.4, 0.5) is 0 Å². The number of unbranched alkanes of at least 4 members (excludes halogenated alkanes) is 2. The summed E-state index contributed by atoms with van der Waals surface area (Å²) in [7, 11) is 0. The van der Waals surface area contributed by atoms with Crippen LogP contribution in [-0.4, -0.2) is 190 Å². The van der Waals surface area contributed by atoms with Crippen LogP contribution in [0.5, 0.6) is 0 Å². The van der Waals surface area contributed by atoms with Crippen molar-refractivity contribution in [3.63, 3.8) is 0 Å². The van der Waals surface area contributed by atoms with E-state index in [0.29, 0.717) is 56.9 Å². The van der Waals surface area contributed by atoms with E-state index in [1.807, 2.05) is 226 Å². The molecule has 0 aliphatic carbocycles. The van der Waals surface area contributed by atoms with Gasteiger partial charge in [-0.15, -0.1) is 11.6 Å². The van der Waals surface area contributed by atoms with Crippen LogP contribution < -0.4 is 0 Å². The summed E-state index contributed by atoms with van der Waals surface area (Å²) < 4.78 is 147. The number of halogens is 1. The van der Waals surface area contributed by atoms with Gasteiger partial charge in [0.1, 0.15) is 79.1 Å². The van der Waals surface area contributed by atoms with Crippen molar-refractivity contribution in [1.82, 2.24) is 0 Å². The number of esters is 3. The van der Waals surface area contributed by atoms with Gasteiger partial charge in [-0.25, -0.2) is 0 Å². The minimum Gasteiger partial charge on any atom is -0.455 e. The summed E-state index contributed by atoms with van der Waals surface area (Å²) in [6.45, 7) is 9.43. The predicted molar refractivity (Wildman–Crippen MR) is 467 cm³/mol. The maximum absolute atomic E-state index is 15.0. The van der Waals surface area contributed by atoms with Crippen LogP contribution in [0, 0.1) is 11.8 Å². The van der Waals surface area contributed by atoms with Gasteiger partial charge < -0.3 is 99.8 Å². The molecule has 0 aromatic heterocycles. The molecular weight excluding hydrogens is 1650 g/mol. The van der Waals surface area contributed by atoms with E-state index in [1.165, 1.54) is 0 Å².